The third-order valence-corrected chi connectivity index (χ3v) is 6.94. The maximum Gasteiger partial charge on any atom is 0.222 e. The number of likely N-dealkylation sites (tertiary alicyclic amines) is 1. The molecule has 0 N–H and O–H groups in total. The van der Waals surface area contributed by atoms with Crippen LogP contribution in [0.3, 0.4) is 0 Å². The maximum absolute atomic E-state index is 12.5. The van der Waals surface area contributed by atoms with E-state index >= 15 is 0 Å². The fraction of sp³-hybridized carbons (Fsp3) is 0.476. The maximum atomic E-state index is 12.5. The van der Waals surface area contributed by atoms with Gasteiger partial charge in [-0.3, -0.25) is 14.3 Å². The van der Waals surface area contributed by atoms with Crippen molar-refractivity contribution in [1.82, 2.24) is 29.6 Å². The lowest BCUT2D eigenvalue weighted by Gasteiger charge is -2.20. The van der Waals surface area contributed by atoms with Gasteiger partial charge in [-0.05, 0) is 37.8 Å². The molecule has 1 amide bonds. The number of thiazole rings is 1. The van der Waals surface area contributed by atoms with Gasteiger partial charge in [0.1, 0.15) is 0 Å². The summed E-state index contributed by atoms with van der Waals surface area (Å²) in [5, 5.41) is 13.0. The Hall–Kier alpha value is -2.26. The van der Waals surface area contributed by atoms with Crippen molar-refractivity contribution < 1.29 is 4.79 Å². The Bertz CT molecular complexity index is 971. The van der Waals surface area contributed by atoms with Crippen LogP contribution in [0, 0.1) is 0 Å². The van der Waals surface area contributed by atoms with Crippen molar-refractivity contribution in [3.05, 3.63) is 46.4 Å². The fourth-order valence-electron chi connectivity index (χ4n) is 3.50. The average Bonchev–Trinajstić information content (AvgIpc) is 3.32. The van der Waals surface area contributed by atoms with Crippen LogP contribution in [0.25, 0.3) is 5.69 Å². The molecule has 4 rings (SSSR count). The average molecular weight is 443 g/mol. The molecule has 3 aromatic rings. The molecule has 0 atom stereocenters. The minimum Gasteiger partial charge on any atom is -0.335 e. The SMILES string of the molecule is CCCc1nc(CSc2nnc(CN3CCCCCC3=O)n2-c2cccnc2)cs1. The van der Waals surface area contributed by atoms with Crippen molar-refractivity contribution in [2.75, 3.05) is 6.54 Å². The topological polar surface area (TPSA) is 76.8 Å². The summed E-state index contributed by atoms with van der Waals surface area (Å²) in [5.41, 5.74) is 1.98. The molecule has 1 aliphatic heterocycles. The number of rotatable bonds is 8. The Balaban J connectivity index is 1.56. The minimum absolute atomic E-state index is 0.202. The van der Waals surface area contributed by atoms with E-state index in [-0.39, 0.29) is 5.91 Å². The van der Waals surface area contributed by atoms with E-state index in [1.807, 2.05) is 27.8 Å². The number of aryl methyl sites for hydroxylation is 1. The molecule has 3 aromatic heterocycles. The molecule has 4 heterocycles. The van der Waals surface area contributed by atoms with E-state index in [1.54, 1.807) is 29.3 Å². The zero-order valence-electron chi connectivity index (χ0n) is 17.2. The van der Waals surface area contributed by atoms with Crippen molar-refractivity contribution in [2.24, 2.45) is 0 Å². The van der Waals surface area contributed by atoms with Crippen molar-refractivity contribution in [1.29, 1.82) is 0 Å². The number of thioether (sulfide) groups is 1. The van der Waals surface area contributed by atoms with Crippen LogP contribution >= 0.6 is 23.1 Å². The minimum atomic E-state index is 0.202. The Morgan fingerprint density at radius 3 is 3.00 bits per heavy atom. The molecule has 7 nitrogen and oxygen atoms in total. The van der Waals surface area contributed by atoms with Crippen LogP contribution in [0.2, 0.25) is 0 Å². The van der Waals surface area contributed by atoms with Crippen LogP contribution in [0.1, 0.15) is 55.6 Å². The van der Waals surface area contributed by atoms with Crippen LogP contribution < -0.4 is 0 Å². The monoisotopic (exact) mass is 442 g/mol. The summed E-state index contributed by atoms with van der Waals surface area (Å²) in [6, 6.07) is 3.90. The molecule has 0 aliphatic carbocycles. The van der Waals surface area contributed by atoms with Crippen molar-refractivity contribution >= 4 is 29.0 Å². The number of carbonyl (C=O) groups excluding carboxylic acids is 1. The van der Waals surface area contributed by atoms with Crippen LogP contribution in [-0.2, 0) is 23.5 Å². The van der Waals surface area contributed by atoms with Gasteiger partial charge in [-0.2, -0.15) is 0 Å². The highest BCUT2D eigenvalue weighted by atomic mass is 32.2. The van der Waals surface area contributed by atoms with Crippen molar-refractivity contribution in [3.8, 4) is 5.69 Å². The van der Waals surface area contributed by atoms with Gasteiger partial charge in [0, 0.05) is 30.3 Å². The number of hydrogen-bond acceptors (Lipinski definition) is 7. The van der Waals surface area contributed by atoms with Gasteiger partial charge in [0.05, 0.1) is 29.1 Å². The molecule has 1 aliphatic rings. The lowest BCUT2D eigenvalue weighted by molar-refractivity contribution is -0.131. The predicted octanol–water partition coefficient (Wildman–Crippen LogP) is 4.27. The van der Waals surface area contributed by atoms with Crippen LogP contribution in [0.4, 0.5) is 0 Å². The molecule has 0 bridgehead atoms. The molecule has 0 aromatic carbocycles. The number of carbonyl (C=O) groups is 1. The highest BCUT2D eigenvalue weighted by Gasteiger charge is 2.22. The van der Waals surface area contributed by atoms with Crippen molar-refractivity contribution in [3.63, 3.8) is 0 Å². The van der Waals surface area contributed by atoms with E-state index in [0.29, 0.717) is 13.0 Å². The fourth-order valence-corrected chi connectivity index (χ4v) is 5.37. The zero-order valence-corrected chi connectivity index (χ0v) is 18.8. The summed E-state index contributed by atoms with van der Waals surface area (Å²) in [6.45, 7) is 3.42. The molecule has 158 valence electrons. The van der Waals surface area contributed by atoms with Gasteiger partial charge in [-0.1, -0.05) is 25.1 Å². The van der Waals surface area contributed by atoms with Crippen molar-refractivity contribution in [2.45, 2.75) is 62.9 Å². The molecule has 30 heavy (non-hydrogen) atoms. The van der Waals surface area contributed by atoms with E-state index < -0.39 is 0 Å². The largest absolute Gasteiger partial charge is 0.335 e. The third-order valence-electron chi connectivity index (χ3n) is 5.02. The summed E-state index contributed by atoms with van der Waals surface area (Å²) < 4.78 is 2.02. The van der Waals surface area contributed by atoms with Gasteiger partial charge in [0.25, 0.3) is 0 Å². The number of pyridine rings is 1. The Morgan fingerprint density at radius 1 is 1.23 bits per heavy atom. The van der Waals surface area contributed by atoms with Gasteiger partial charge < -0.3 is 4.90 Å². The second-order valence-electron chi connectivity index (χ2n) is 7.34. The Kier molecular flexibility index (Phi) is 7.11. The first-order valence-electron chi connectivity index (χ1n) is 10.4. The standard InChI is InChI=1S/C21H26N6OS2/c1-2-7-19-23-16(14-29-19)15-30-21-25-24-18(27(21)17-8-6-10-22-12-17)13-26-11-5-3-4-9-20(26)28/h6,8,10,12,14H,2-5,7,9,11,13,15H2,1H3. The van der Waals surface area contributed by atoms with E-state index in [0.717, 1.165) is 66.8 Å². The second-order valence-corrected chi connectivity index (χ2v) is 9.23. The first-order chi connectivity index (χ1) is 14.7. The predicted molar refractivity (Wildman–Crippen MR) is 119 cm³/mol. The molecule has 1 fully saturated rings. The van der Waals surface area contributed by atoms with E-state index in [1.165, 1.54) is 5.01 Å². The quantitative estimate of drug-likeness (QED) is 0.485. The van der Waals surface area contributed by atoms with Gasteiger partial charge in [-0.15, -0.1) is 21.5 Å². The van der Waals surface area contributed by atoms with E-state index in [9.17, 15) is 4.79 Å². The third kappa shape index (κ3) is 5.07. The van der Waals surface area contributed by atoms with E-state index in [2.05, 4.69) is 27.5 Å². The summed E-state index contributed by atoms with van der Waals surface area (Å²) in [6.07, 6.45) is 9.42. The summed E-state index contributed by atoms with van der Waals surface area (Å²) in [5.74, 6) is 1.71. The van der Waals surface area contributed by atoms with Gasteiger partial charge in [-0.25, -0.2) is 4.98 Å². The molecular formula is C21H26N6OS2. The Labute approximate surface area is 185 Å². The molecule has 0 saturated carbocycles. The molecule has 0 unspecified atom stereocenters. The highest BCUT2D eigenvalue weighted by molar-refractivity contribution is 7.98. The molecular weight excluding hydrogens is 416 g/mol. The normalized spacial score (nSPS) is 14.8. The molecule has 1 saturated heterocycles. The molecule has 0 radical (unpaired) electrons. The Morgan fingerprint density at radius 2 is 2.17 bits per heavy atom. The molecule has 0 spiro atoms. The number of amides is 1. The molecule has 9 heteroatoms. The lowest BCUT2D eigenvalue weighted by atomic mass is 10.2. The zero-order chi connectivity index (χ0) is 20.8. The van der Waals surface area contributed by atoms with E-state index in [4.69, 9.17) is 4.98 Å². The summed E-state index contributed by atoms with van der Waals surface area (Å²) >= 11 is 3.34. The van der Waals surface area contributed by atoms with Gasteiger partial charge in [0.2, 0.25) is 5.91 Å². The van der Waals surface area contributed by atoms with Crippen LogP contribution in [0.15, 0.2) is 35.1 Å². The summed E-state index contributed by atoms with van der Waals surface area (Å²) in [4.78, 5) is 23.4. The smallest absolute Gasteiger partial charge is 0.222 e. The number of nitrogens with zero attached hydrogens (tertiary/aromatic N) is 6. The van der Waals surface area contributed by atoms with Crippen LogP contribution in [-0.4, -0.2) is 42.1 Å². The number of hydrogen-bond donors (Lipinski definition) is 0. The first kappa shape index (κ1) is 21.0. The van der Waals surface area contributed by atoms with Crippen LogP contribution in [0.5, 0.6) is 0 Å². The summed E-state index contributed by atoms with van der Waals surface area (Å²) in [7, 11) is 0. The highest BCUT2D eigenvalue weighted by Crippen LogP contribution is 2.27. The lowest BCUT2D eigenvalue weighted by Crippen LogP contribution is -2.31. The van der Waals surface area contributed by atoms with Gasteiger partial charge >= 0.3 is 0 Å². The second kappa shape index (κ2) is 10.2. The number of aromatic nitrogens is 5. The first-order valence-corrected chi connectivity index (χ1v) is 12.3. The van der Waals surface area contributed by atoms with Gasteiger partial charge in [0.15, 0.2) is 11.0 Å².